The van der Waals surface area contributed by atoms with Crippen molar-refractivity contribution in [1.82, 2.24) is 0 Å². The number of benzene rings is 1. The van der Waals surface area contributed by atoms with E-state index in [1.54, 1.807) is 6.92 Å². The Morgan fingerprint density at radius 2 is 1.93 bits per heavy atom. The molecule has 0 bridgehead atoms. The zero-order chi connectivity index (χ0) is 20.4. The largest absolute Gasteiger partial charge is 0.393 e. The molecule has 0 aromatic heterocycles. The van der Waals surface area contributed by atoms with Crippen molar-refractivity contribution in [3.8, 4) is 0 Å². The Morgan fingerprint density at radius 3 is 2.72 bits per heavy atom. The van der Waals surface area contributed by atoms with Crippen LogP contribution in [0.2, 0.25) is 0 Å². The first kappa shape index (κ1) is 19.3. The molecular formula is C27H34O2. The SMILES string of the molecule is CC(=O)c1cccc(C2=CC3=CC[C@@H]4[C@H](CC[C@]5(C)C(O)CC[C@@H]45)[C@@]3(C)CC2)c1. The molecule has 2 saturated carbocycles. The van der Waals surface area contributed by atoms with E-state index in [0.29, 0.717) is 5.92 Å². The minimum atomic E-state index is -0.0990. The van der Waals surface area contributed by atoms with Crippen LogP contribution < -0.4 is 0 Å². The van der Waals surface area contributed by atoms with E-state index >= 15 is 0 Å². The molecule has 1 aromatic rings. The molecule has 4 aliphatic carbocycles. The van der Waals surface area contributed by atoms with Gasteiger partial charge >= 0.3 is 0 Å². The fourth-order valence-electron chi connectivity index (χ4n) is 7.46. The van der Waals surface area contributed by atoms with Gasteiger partial charge in [-0.05, 0) is 103 Å². The third-order valence-electron chi connectivity index (χ3n) is 9.36. The highest BCUT2D eigenvalue weighted by atomic mass is 16.3. The fraction of sp³-hybridized carbons (Fsp3) is 0.593. The van der Waals surface area contributed by atoms with E-state index in [2.05, 4.69) is 38.1 Å². The van der Waals surface area contributed by atoms with E-state index in [-0.39, 0.29) is 22.7 Å². The molecule has 0 saturated heterocycles. The lowest BCUT2D eigenvalue weighted by atomic mass is 9.48. The lowest BCUT2D eigenvalue weighted by Gasteiger charge is -2.56. The maximum atomic E-state index is 11.8. The number of hydrogen-bond acceptors (Lipinski definition) is 2. The number of Topliss-reactive ketones (excluding diaryl/α,β-unsaturated/α-hetero) is 1. The van der Waals surface area contributed by atoms with Crippen LogP contribution in [0.25, 0.3) is 5.57 Å². The molecule has 0 radical (unpaired) electrons. The van der Waals surface area contributed by atoms with Crippen LogP contribution in [-0.2, 0) is 0 Å². The molecule has 5 rings (SSSR count). The smallest absolute Gasteiger partial charge is 0.159 e. The number of hydrogen-bond donors (Lipinski definition) is 1. The van der Waals surface area contributed by atoms with E-state index in [9.17, 15) is 9.90 Å². The van der Waals surface area contributed by atoms with Gasteiger partial charge < -0.3 is 5.11 Å². The minimum absolute atomic E-state index is 0.0990. The van der Waals surface area contributed by atoms with Gasteiger partial charge in [-0.2, -0.15) is 0 Å². The number of aliphatic hydroxyl groups excluding tert-OH is 1. The number of allylic oxidation sites excluding steroid dienone is 4. The first-order valence-corrected chi connectivity index (χ1v) is 11.5. The number of carbonyl (C=O) groups is 1. The second-order valence-corrected chi connectivity index (χ2v) is 10.6. The molecular weight excluding hydrogens is 356 g/mol. The van der Waals surface area contributed by atoms with Gasteiger partial charge in [0.2, 0.25) is 0 Å². The molecule has 0 aliphatic heterocycles. The Morgan fingerprint density at radius 1 is 1.10 bits per heavy atom. The number of rotatable bonds is 2. The molecule has 0 spiro atoms. The summed E-state index contributed by atoms with van der Waals surface area (Å²) in [7, 11) is 0. The maximum Gasteiger partial charge on any atom is 0.159 e. The van der Waals surface area contributed by atoms with Crippen molar-refractivity contribution in [3.63, 3.8) is 0 Å². The lowest BCUT2D eigenvalue weighted by molar-refractivity contribution is -0.0622. The van der Waals surface area contributed by atoms with E-state index in [1.165, 1.54) is 48.8 Å². The van der Waals surface area contributed by atoms with Crippen LogP contribution in [0.4, 0.5) is 0 Å². The molecule has 2 heteroatoms. The van der Waals surface area contributed by atoms with Crippen molar-refractivity contribution in [2.24, 2.45) is 28.6 Å². The predicted octanol–water partition coefficient (Wildman–Crippen LogP) is 6.21. The fourth-order valence-corrected chi connectivity index (χ4v) is 7.46. The van der Waals surface area contributed by atoms with E-state index in [4.69, 9.17) is 0 Å². The number of aliphatic hydroxyl groups is 1. The molecule has 4 aliphatic rings. The first-order valence-electron chi connectivity index (χ1n) is 11.5. The van der Waals surface area contributed by atoms with Crippen molar-refractivity contribution in [3.05, 3.63) is 53.1 Å². The molecule has 6 atom stereocenters. The Hall–Kier alpha value is -1.67. The Kier molecular flexibility index (Phi) is 4.44. The second kappa shape index (κ2) is 6.67. The van der Waals surface area contributed by atoms with Gasteiger partial charge in [0.15, 0.2) is 5.78 Å². The van der Waals surface area contributed by atoms with Crippen LogP contribution in [0.1, 0.15) is 81.6 Å². The lowest BCUT2D eigenvalue weighted by Crippen LogP contribution is -2.50. The van der Waals surface area contributed by atoms with Crippen LogP contribution in [0.5, 0.6) is 0 Å². The van der Waals surface area contributed by atoms with Gasteiger partial charge in [0.1, 0.15) is 0 Å². The highest BCUT2D eigenvalue weighted by Crippen LogP contribution is 2.64. The van der Waals surface area contributed by atoms with Crippen molar-refractivity contribution in [2.75, 3.05) is 0 Å². The van der Waals surface area contributed by atoms with E-state index < -0.39 is 0 Å². The Balaban J connectivity index is 1.48. The Labute approximate surface area is 175 Å². The number of carbonyl (C=O) groups excluding carboxylic acids is 1. The van der Waals surface area contributed by atoms with Crippen molar-refractivity contribution in [2.45, 2.75) is 71.8 Å². The molecule has 0 amide bonds. The van der Waals surface area contributed by atoms with Gasteiger partial charge in [0.25, 0.3) is 0 Å². The predicted molar refractivity (Wildman–Crippen MR) is 118 cm³/mol. The monoisotopic (exact) mass is 390 g/mol. The molecule has 2 nitrogen and oxygen atoms in total. The van der Waals surface area contributed by atoms with Crippen LogP contribution in [0.15, 0.2) is 42.0 Å². The second-order valence-electron chi connectivity index (χ2n) is 10.6. The highest BCUT2D eigenvalue weighted by Gasteiger charge is 2.57. The molecule has 1 aromatic carbocycles. The summed E-state index contributed by atoms with van der Waals surface area (Å²) in [5.74, 6) is 2.29. The van der Waals surface area contributed by atoms with E-state index in [0.717, 1.165) is 30.2 Å². The Bertz CT molecular complexity index is 909. The van der Waals surface area contributed by atoms with Crippen LogP contribution in [-0.4, -0.2) is 17.0 Å². The third kappa shape index (κ3) is 2.82. The topological polar surface area (TPSA) is 37.3 Å². The zero-order valence-electron chi connectivity index (χ0n) is 18.1. The summed E-state index contributed by atoms with van der Waals surface area (Å²) < 4.78 is 0. The normalized spacial score (nSPS) is 41.0. The maximum absolute atomic E-state index is 11.8. The summed E-state index contributed by atoms with van der Waals surface area (Å²) in [5.41, 5.74) is 5.33. The molecule has 2 fully saturated rings. The third-order valence-corrected chi connectivity index (χ3v) is 9.36. The zero-order valence-corrected chi connectivity index (χ0v) is 18.1. The van der Waals surface area contributed by atoms with Gasteiger partial charge in [0, 0.05) is 5.56 Å². The minimum Gasteiger partial charge on any atom is -0.393 e. The van der Waals surface area contributed by atoms with Gasteiger partial charge in [-0.25, -0.2) is 0 Å². The molecule has 1 N–H and O–H groups in total. The molecule has 0 heterocycles. The van der Waals surface area contributed by atoms with Gasteiger partial charge in [0.05, 0.1) is 6.10 Å². The average Bonchev–Trinajstić information content (AvgIpc) is 3.02. The molecule has 1 unspecified atom stereocenters. The van der Waals surface area contributed by atoms with Crippen LogP contribution in [0.3, 0.4) is 0 Å². The molecule has 29 heavy (non-hydrogen) atoms. The van der Waals surface area contributed by atoms with Crippen molar-refractivity contribution in [1.29, 1.82) is 0 Å². The number of ketones is 1. The van der Waals surface area contributed by atoms with Gasteiger partial charge in [-0.3, -0.25) is 4.79 Å². The van der Waals surface area contributed by atoms with Gasteiger partial charge in [-0.15, -0.1) is 0 Å². The van der Waals surface area contributed by atoms with E-state index in [1.807, 2.05) is 12.1 Å². The first-order chi connectivity index (χ1) is 13.8. The summed E-state index contributed by atoms with van der Waals surface area (Å²) in [6.45, 7) is 6.50. The van der Waals surface area contributed by atoms with Crippen molar-refractivity contribution >= 4 is 11.4 Å². The quantitative estimate of drug-likeness (QED) is 0.610. The van der Waals surface area contributed by atoms with Crippen LogP contribution in [0, 0.1) is 28.6 Å². The van der Waals surface area contributed by atoms with Crippen molar-refractivity contribution < 1.29 is 9.90 Å². The average molecular weight is 391 g/mol. The van der Waals surface area contributed by atoms with Gasteiger partial charge in [-0.1, -0.05) is 44.2 Å². The molecule has 154 valence electrons. The summed E-state index contributed by atoms with van der Waals surface area (Å²) in [6, 6.07) is 8.15. The highest BCUT2D eigenvalue weighted by molar-refractivity contribution is 5.95. The number of fused-ring (bicyclic) bond motifs is 5. The summed E-state index contributed by atoms with van der Waals surface area (Å²) >= 11 is 0. The van der Waals surface area contributed by atoms with Crippen LogP contribution >= 0.6 is 0 Å². The summed E-state index contributed by atoms with van der Waals surface area (Å²) in [6.07, 6.45) is 12.9. The standard InChI is InChI=1S/C27H34O2/c1-17(28)18-5-4-6-19(15-18)20-11-13-26(2)21(16-20)7-8-22-23-9-10-25(29)27(23,3)14-12-24(22)26/h4-7,15-16,22-25,29H,8-14H2,1-3H3/t22-,23-,24-,25?,26-,27-/m0/s1. The summed E-state index contributed by atoms with van der Waals surface area (Å²) in [4.78, 5) is 11.8. The summed E-state index contributed by atoms with van der Waals surface area (Å²) in [5, 5.41) is 10.6.